The highest BCUT2D eigenvalue weighted by Gasteiger charge is 2.24. The number of aromatic nitrogens is 2. The molecule has 4 rings (SSSR count). The zero-order valence-electron chi connectivity index (χ0n) is 14.4. The second kappa shape index (κ2) is 6.62. The minimum absolute atomic E-state index is 0.0323. The van der Waals surface area contributed by atoms with E-state index in [0.29, 0.717) is 22.3 Å². The van der Waals surface area contributed by atoms with Gasteiger partial charge in [-0.05, 0) is 61.9 Å². The summed E-state index contributed by atoms with van der Waals surface area (Å²) in [6, 6.07) is 14.5. The van der Waals surface area contributed by atoms with Crippen LogP contribution in [0.2, 0.25) is 0 Å². The van der Waals surface area contributed by atoms with E-state index < -0.39 is 0 Å². The van der Waals surface area contributed by atoms with E-state index in [2.05, 4.69) is 11.4 Å². The molecule has 0 amide bonds. The van der Waals surface area contributed by atoms with E-state index in [4.69, 9.17) is 15.0 Å². The molecular weight excluding hydrogens is 328 g/mol. The minimum atomic E-state index is -0.166. The van der Waals surface area contributed by atoms with Crippen LogP contribution in [0.1, 0.15) is 30.3 Å². The molecule has 2 aromatic carbocycles. The lowest BCUT2D eigenvalue weighted by Crippen LogP contribution is -2.28. The zero-order valence-corrected chi connectivity index (χ0v) is 14.4. The third-order valence-electron chi connectivity index (χ3n) is 4.73. The highest BCUT2D eigenvalue weighted by Crippen LogP contribution is 2.25. The number of nitrogens with one attached hydrogen (secondary N) is 1. The number of ether oxygens (including phenoxy) is 1. The van der Waals surface area contributed by atoms with Crippen molar-refractivity contribution in [2.45, 2.75) is 18.9 Å². The second-order valence-electron chi connectivity index (χ2n) is 6.30. The van der Waals surface area contributed by atoms with Gasteiger partial charge in [-0.3, -0.25) is 9.36 Å². The Morgan fingerprint density at radius 1 is 1.27 bits per heavy atom. The summed E-state index contributed by atoms with van der Waals surface area (Å²) in [5, 5.41) is 13.0. The fourth-order valence-electron chi connectivity index (χ4n) is 3.39. The lowest BCUT2D eigenvalue weighted by Gasteiger charge is -2.18. The summed E-state index contributed by atoms with van der Waals surface area (Å²) in [4.78, 5) is 18.1. The van der Waals surface area contributed by atoms with Gasteiger partial charge < -0.3 is 10.1 Å². The molecule has 1 saturated heterocycles. The van der Waals surface area contributed by atoms with E-state index >= 15 is 0 Å². The Morgan fingerprint density at radius 3 is 2.73 bits per heavy atom. The molecule has 1 aliphatic heterocycles. The summed E-state index contributed by atoms with van der Waals surface area (Å²) in [6.45, 7) is 0.911. The van der Waals surface area contributed by atoms with Crippen LogP contribution in [-0.2, 0) is 0 Å². The van der Waals surface area contributed by atoms with Crippen molar-refractivity contribution in [1.82, 2.24) is 14.9 Å². The van der Waals surface area contributed by atoms with Crippen LogP contribution in [0.25, 0.3) is 16.6 Å². The molecule has 0 spiro atoms. The Hall–Kier alpha value is -3.17. The molecular formula is C20H18N4O2. The average molecular weight is 346 g/mol. The SMILES string of the molecule is COc1ccc(-n2c([C@H]3CCCN3)nc3ccc(C#N)cc3c2=O)cc1. The van der Waals surface area contributed by atoms with Gasteiger partial charge in [-0.15, -0.1) is 0 Å². The first-order chi connectivity index (χ1) is 12.7. The van der Waals surface area contributed by atoms with Gasteiger partial charge in [-0.25, -0.2) is 4.98 Å². The van der Waals surface area contributed by atoms with E-state index in [1.807, 2.05) is 24.3 Å². The standard InChI is InChI=1S/C20H18N4O2/c1-26-15-7-5-14(6-8-15)24-19(18-3-2-10-22-18)23-17-9-4-13(12-21)11-16(17)20(24)25/h4-9,11,18,22H,2-3,10H2,1H3/t18-/m1/s1. The molecule has 0 bridgehead atoms. The molecule has 2 heterocycles. The number of nitriles is 1. The molecule has 26 heavy (non-hydrogen) atoms. The number of fused-ring (bicyclic) bond motifs is 1. The second-order valence-corrected chi connectivity index (χ2v) is 6.30. The van der Waals surface area contributed by atoms with Crippen LogP contribution in [0.5, 0.6) is 5.75 Å². The Labute approximate surface area is 150 Å². The largest absolute Gasteiger partial charge is 0.497 e. The fraction of sp³-hybridized carbons (Fsp3) is 0.250. The number of rotatable bonds is 3. The average Bonchev–Trinajstić information content (AvgIpc) is 3.22. The van der Waals surface area contributed by atoms with Gasteiger partial charge in [-0.1, -0.05) is 0 Å². The molecule has 1 aliphatic rings. The molecule has 0 saturated carbocycles. The van der Waals surface area contributed by atoms with Crippen LogP contribution < -0.4 is 15.6 Å². The smallest absolute Gasteiger partial charge is 0.266 e. The van der Waals surface area contributed by atoms with Crippen molar-refractivity contribution in [3.8, 4) is 17.5 Å². The van der Waals surface area contributed by atoms with E-state index in [0.717, 1.165) is 30.8 Å². The number of benzene rings is 2. The van der Waals surface area contributed by atoms with Gasteiger partial charge >= 0.3 is 0 Å². The number of hydrogen-bond donors (Lipinski definition) is 1. The third kappa shape index (κ3) is 2.72. The van der Waals surface area contributed by atoms with Crippen molar-refractivity contribution in [3.05, 3.63) is 64.2 Å². The Bertz CT molecular complexity index is 1060. The monoisotopic (exact) mass is 346 g/mol. The van der Waals surface area contributed by atoms with Gasteiger partial charge in [0, 0.05) is 0 Å². The molecule has 6 nitrogen and oxygen atoms in total. The van der Waals surface area contributed by atoms with Crippen molar-refractivity contribution in [1.29, 1.82) is 5.26 Å². The predicted octanol–water partition coefficient (Wildman–Crippen LogP) is 2.69. The molecule has 130 valence electrons. The molecule has 0 unspecified atom stereocenters. The maximum Gasteiger partial charge on any atom is 0.266 e. The first-order valence-electron chi connectivity index (χ1n) is 8.56. The molecule has 1 atom stereocenters. The molecule has 0 radical (unpaired) electrons. The van der Waals surface area contributed by atoms with Crippen LogP contribution >= 0.6 is 0 Å². The summed E-state index contributed by atoms with van der Waals surface area (Å²) >= 11 is 0. The maximum atomic E-state index is 13.3. The number of methoxy groups -OCH3 is 1. The van der Waals surface area contributed by atoms with E-state index in [-0.39, 0.29) is 11.6 Å². The highest BCUT2D eigenvalue weighted by atomic mass is 16.5. The van der Waals surface area contributed by atoms with Crippen LogP contribution in [-0.4, -0.2) is 23.2 Å². The van der Waals surface area contributed by atoms with Gasteiger partial charge in [-0.2, -0.15) is 5.26 Å². The fourth-order valence-corrected chi connectivity index (χ4v) is 3.39. The first-order valence-corrected chi connectivity index (χ1v) is 8.56. The van der Waals surface area contributed by atoms with Crippen molar-refractivity contribution < 1.29 is 4.74 Å². The highest BCUT2D eigenvalue weighted by molar-refractivity contribution is 5.79. The third-order valence-corrected chi connectivity index (χ3v) is 4.73. The van der Waals surface area contributed by atoms with E-state index in [1.165, 1.54) is 0 Å². The van der Waals surface area contributed by atoms with Crippen molar-refractivity contribution >= 4 is 10.9 Å². The summed E-state index contributed by atoms with van der Waals surface area (Å²) in [7, 11) is 1.61. The number of nitrogens with zero attached hydrogens (tertiary/aromatic N) is 3. The Kier molecular flexibility index (Phi) is 4.15. The van der Waals surface area contributed by atoms with Gasteiger partial charge in [0.25, 0.3) is 5.56 Å². The minimum Gasteiger partial charge on any atom is -0.497 e. The lowest BCUT2D eigenvalue weighted by molar-refractivity contribution is 0.414. The Balaban J connectivity index is 2.00. The zero-order chi connectivity index (χ0) is 18.1. The van der Waals surface area contributed by atoms with E-state index in [1.54, 1.807) is 29.9 Å². The van der Waals surface area contributed by atoms with Gasteiger partial charge in [0.15, 0.2) is 0 Å². The van der Waals surface area contributed by atoms with Crippen LogP contribution in [0.3, 0.4) is 0 Å². The van der Waals surface area contributed by atoms with Crippen LogP contribution in [0.15, 0.2) is 47.3 Å². The molecule has 3 aromatic rings. The number of hydrogen-bond acceptors (Lipinski definition) is 5. The van der Waals surface area contributed by atoms with Crippen molar-refractivity contribution in [2.24, 2.45) is 0 Å². The molecule has 0 aliphatic carbocycles. The lowest BCUT2D eigenvalue weighted by atomic mass is 10.1. The Morgan fingerprint density at radius 2 is 2.08 bits per heavy atom. The molecule has 1 aromatic heterocycles. The van der Waals surface area contributed by atoms with Crippen LogP contribution in [0.4, 0.5) is 0 Å². The first kappa shape index (κ1) is 16.3. The normalized spacial score (nSPS) is 16.5. The van der Waals surface area contributed by atoms with Gasteiger partial charge in [0.1, 0.15) is 11.6 Å². The quantitative estimate of drug-likeness (QED) is 0.789. The van der Waals surface area contributed by atoms with E-state index in [9.17, 15) is 4.79 Å². The maximum absolute atomic E-state index is 13.3. The van der Waals surface area contributed by atoms with Crippen molar-refractivity contribution in [2.75, 3.05) is 13.7 Å². The summed E-state index contributed by atoms with van der Waals surface area (Å²) in [5.74, 6) is 1.43. The predicted molar refractivity (Wildman–Crippen MR) is 98.6 cm³/mol. The molecule has 6 heteroatoms. The summed E-state index contributed by atoms with van der Waals surface area (Å²) in [5.41, 5.74) is 1.63. The van der Waals surface area contributed by atoms with Gasteiger partial charge in [0.2, 0.25) is 0 Å². The van der Waals surface area contributed by atoms with Crippen LogP contribution in [0, 0.1) is 11.3 Å². The summed E-state index contributed by atoms with van der Waals surface area (Å²) < 4.78 is 6.86. The topological polar surface area (TPSA) is 79.9 Å². The molecule has 1 N–H and O–H groups in total. The van der Waals surface area contributed by atoms with Crippen molar-refractivity contribution in [3.63, 3.8) is 0 Å². The molecule has 1 fully saturated rings. The summed E-state index contributed by atoms with van der Waals surface area (Å²) in [6.07, 6.45) is 1.99. The van der Waals surface area contributed by atoms with Gasteiger partial charge in [0.05, 0.1) is 41.4 Å².